The lowest BCUT2D eigenvalue weighted by Crippen LogP contribution is -2.27. The predicted molar refractivity (Wildman–Crippen MR) is 123 cm³/mol. The highest BCUT2D eigenvalue weighted by atomic mass is 32.2. The summed E-state index contributed by atoms with van der Waals surface area (Å²) in [4.78, 5) is 12.7. The highest BCUT2D eigenvalue weighted by Gasteiger charge is 2.24. The molecule has 0 aliphatic heterocycles. The van der Waals surface area contributed by atoms with Crippen molar-refractivity contribution in [2.75, 3.05) is 6.54 Å². The average Bonchev–Trinajstić information content (AvgIpc) is 3.66. The Bertz CT molecular complexity index is 1180. The molecule has 0 unspecified atom stereocenters. The van der Waals surface area contributed by atoms with Gasteiger partial charge in [-0.25, -0.2) is 13.1 Å². The zero-order chi connectivity index (χ0) is 22.4. The van der Waals surface area contributed by atoms with Gasteiger partial charge in [-0.15, -0.1) is 0 Å². The van der Waals surface area contributed by atoms with Gasteiger partial charge in [0.15, 0.2) is 0 Å². The van der Waals surface area contributed by atoms with E-state index in [-0.39, 0.29) is 10.8 Å². The summed E-state index contributed by atoms with van der Waals surface area (Å²) in [6.07, 6.45) is 2.12. The van der Waals surface area contributed by atoms with Crippen LogP contribution < -0.4 is 14.8 Å². The highest BCUT2D eigenvalue weighted by Crippen LogP contribution is 2.28. The van der Waals surface area contributed by atoms with Crippen LogP contribution in [-0.4, -0.2) is 20.9 Å². The van der Waals surface area contributed by atoms with Gasteiger partial charge in [0.1, 0.15) is 12.4 Å². The maximum atomic E-state index is 12.6. The second kappa shape index (κ2) is 9.97. The molecule has 3 aromatic rings. The molecule has 1 fully saturated rings. The number of para-hydroxylation sites is 1. The zero-order valence-corrected chi connectivity index (χ0v) is 18.5. The van der Waals surface area contributed by atoms with Crippen molar-refractivity contribution in [1.82, 2.24) is 10.0 Å². The monoisotopic (exact) mass is 450 g/mol. The molecular weight excluding hydrogens is 424 g/mol. The number of sulfonamides is 1. The summed E-state index contributed by atoms with van der Waals surface area (Å²) >= 11 is 0. The fraction of sp³-hybridized carbons (Fsp3) is 0.240. The first-order valence-corrected chi connectivity index (χ1v) is 12.1. The Balaban J connectivity index is 1.34. The molecule has 3 aromatic carbocycles. The van der Waals surface area contributed by atoms with E-state index in [0.29, 0.717) is 31.2 Å². The van der Waals surface area contributed by atoms with E-state index in [1.807, 2.05) is 54.6 Å². The smallest absolute Gasteiger partial charge is 0.251 e. The first-order valence-electron chi connectivity index (χ1n) is 10.6. The molecule has 0 aromatic heterocycles. The zero-order valence-electron chi connectivity index (χ0n) is 17.7. The minimum Gasteiger partial charge on any atom is -0.489 e. The van der Waals surface area contributed by atoms with Gasteiger partial charge in [-0.1, -0.05) is 48.5 Å². The molecule has 0 radical (unpaired) electrons. The summed E-state index contributed by atoms with van der Waals surface area (Å²) in [6.45, 7) is 1.21. The van der Waals surface area contributed by atoms with E-state index in [4.69, 9.17) is 4.74 Å². The van der Waals surface area contributed by atoms with Crippen molar-refractivity contribution in [3.8, 4) is 5.75 Å². The quantitative estimate of drug-likeness (QED) is 0.491. The molecule has 166 valence electrons. The van der Waals surface area contributed by atoms with Crippen LogP contribution in [0.5, 0.6) is 5.75 Å². The molecule has 7 heteroatoms. The third-order valence-corrected chi connectivity index (χ3v) is 6.68. The topological polar surface area (TPSA) is 84.5 Å². The van der Waals surface area contributed by atoms with Crippen molar-refractivity contribution < 1.29 is 17.9 Å². The largest absolute Gasteiger partial charge is 0.489 e. The number of rotatable bonds is 10. The Morgan fingerprint density at radius 1 is 0.906 bits per heavy atom. The number of carbonyl (C=O) groups is 1. The summed E-state index contributed by atoms with van der Waals surface area (Å²) in [5.74, 6) is 0.910. The van der Waals surface area contributed by atoms with Crippen LogP contribution in [0.2, 0.25) is 0 Å². The number of benzene rings is 3. The summed E-state index contributed by atoms with van der Waals surface area (Å²) < 4.78 is 33.3. The van der Waals surface area contributed by atoms with Crippen LogP contribution in [-0.2, 0) is 23.2 Å². The Morgan fingerprint density at radius 3 is 2.44 bits per heavy atom. The van der Waals surface area contributed by atoms with Gasteiger partial charge in [0.05, 0.1) is 4.90 Å². The van der Waals surface area contributed by atoms with Crippen LogP contribution in [0.25, 0.3) is 0 Å². The third-order valence-electron chi connectivity index (χ3n) is 5.26. The van der Waals surface area contributed by atoms with Gasteiger partial charge in [-0.2, -0.15) is 0 Å². The molecule has 1 aliphatic carbocycles. The summed E-state index contributed by atoms with van der Waals surface area (Å²) in [7, 11) is -3.62. The number of carbonyl (C=O) groups excluding carboxylic acids is 1. The molecule has 0 saturated heterocycles. The SMILES string of the molecule is O=C(NCc1cccc(COc2ccccc2)c1)c1cccc(S(=O)(=O)NCC2CC2)c1. The molecule has 1 aliphatic rings. The number of nitrogens with one attached hydrogen (secondary N) is 2. The molecule has 0 heterocycles. The lowest BCUT2D eigenvalue weighted by Gasteiger charge is -2.10. The molecule has 2 N–H and O–H groups in total. The van der Waals surface area contributed by atoms with E-state index in [0.717, 1.165) is 29.7 Å². The fourth-order valence-electron chi connectivity index (χ4n) is 3.23. The second-order valence-electron chi connectivity index (χ2n) is 7.93. The summed E-state index contributed by atoms with van der Waals surface area (Å²) in [5, 5.41) is 2.86. The molecule has 0 atom stereocenters. The van der Waals surface area contributed by atoms with Crippen molar-refractivity contribution in [3.05, 3.63) is 95.6 Å². The van der Waals surface area contributed by atoms with Gasteiger partial charge in [0.2, 0.25) is 10.0 Å². The lowest BCUT2D eigenvalue weighted by atomic mass is 10.1. The Morgan fingerprint density at radius 2 is 1.66 bits per heavy atom. The molecule has 6 nitrogen and oxygen atoms in total. The Labute approximate surface area is 188 Å². The average molecular weight is 451 g/mol. The normalized spacial score (nSPS) is 13.5. The number of hydrogen-bond donors (Lipinski definition) is 2. The number of ether oxygens (including phenoxy) is 1. The third kappa shape index (κ3) is 6.18. The second-order valence-corrected chi connectivity index (χ2v) is 9.69. The predicted octanol–water partition coefficient (Wildman–Crippen LogP) is 3.88. The molecule has 32 heavy (non-hydrogen) atoms. The van der Waals surface area contributed by atoms with Gasteiger partial charge in [-0.05, 0) is 60.2 Å². The van der Waals surface area contributed by atoms with E-state index < -0.39 is 10.0 Å². The van der Waals surface area contributed by atoms with E-state index in [1.165, 1.54) is 12.1 Å². The van der Waals surface area contributed by atoms with Crippen LogP contribution in [0.4, 0.5) is 0 Å². The van der Waals surface area contributed by atoms with E-state index >= 15 is 0 Å². The fourth-order valence-corrected chi connectivity index (χ4v) is 4.40. The highest BCUT2D eigenvalue weighted by molar-refractivity contribution is 7.89. The maximum absolute atomic E-state index is 12.6. The molecule has 4 rings (SSSR count). The van der Waals surface area contributed by atoms with Crippen LogP contribution in [0.3, 0.4) is 0 Å². The first-order chi connectivity index (χ1) is 15.5. The van der Waals surface area contributed by atoms with Crippen molar-refractivity contribution in [2.24, 2.45) is 5.92 Å². The van der Waals surface area contributed by atoms with E-state index in [2.05, 4.69) is 10.0 Å². The van der Waals surface area contributed by atoms with Crippen molar-refractivity contribution in [3.63, 3.8) is 0 Å². The standard InChI is InChI=1S/C25H26N2O4S/c28-25(22-8-5-11-24(15-22)32(29,30)27-17-19-12-13-19)26-16-20-6-4-7-21(14-20)18-31-23-9-2-1-3-10-23/h1-11,14-15,19,27H,12-13,16-18H2,(H,26,28). The summed E-state index contributed by atoms with van der Waals surface area (Å²) in [5.41, 5.74) is 2.24. The van der Waals surface area contributed by atoms with Gasteiger partial charge in [0.25, 0.3) is 5.91 Å². The van der Waals surface area contributed by atoms with Crippen molar-refractivity contribution in [2.45, 2.75) is 30.9 Å². The van der Waals surface area contributed by atoms with E-state index in [9.17, 15) is 13.2 Å². The first kappa shape index (κ1) is 22.0. The van der Waals surface area contributed by atoms with Gasteiger partial charge < -0.3 is 10.1 Å². The van der Waals surface area contributed by atoms with E-state index in [1.54, 1.807) is 12.1 Å². The lowest BCUT2D eigenvalue weighted by molar-refractivity contribution is 0.0950. The number of amides is 1. The number of hydrogen-bond acceptors (Lipinski definition) is 4. The van der Waals surface area contributed by atoms with Gasteiger partial charge in [-0.3, -0.25) is 4.79 Å². The van der Waals surface area contributed by atoms with Gasteiger partial charge >= 0.3 is 0 Å². The molecule has 1 saturated carbocycles. The minimum atomic E-state index is -3.62. The van der Waals surface area contributed by atoms with Crippen molar-refractivity contribution >= 4 is 15.9 Å². The molecular formula is C25H26N2O4S. The van der Waals surface area contributed by atoms with Crippen LogP contribution in [0.1, 0.15) is 34.3 Å². The molecule has 1 amide bonds. The minimum absolute atomic E-state index is 0.103. The maximum Gasteiger partial charge on any atom is 0.251 e. The molecule has 0 bridgehead atoms. The Kier molecular flexibility index (Phi) is 6.87. The van der Waals surface area contributed by atoms with Crippen LogP contribution in [0, 0.1) is 5.92 Å². The van der Waals surface area contributed by atoms with Crippen molar-refractivity contribution in [1.29, 1.82) is 0 Å². The summed E-state index contributed by atoms with van der Waals surface area (Å²) in [6, 6.07) is 23.5. The van der Waals surface area contributed by atoms with Gasteiger partial charge in [0, 0.05) is 18.7 Å². The Hall–Kier alpha value is -3.16. The van der Waals surface area contributed by atoms with Crippen LogP contribution in [0.15, 0.2) is 83.8 Å². The molecule has 0 spiro atoms. The van der Waals surface area contributed by atoms with Crippen LogP contribution >= 0.6 is 0 Å².